The van der Waals surface area contributed by atoms with Gasteiger partial charge in [0.2, 0.25) is 0 Å². The summed E-state index contributed by atoms with van der Waals surface area (Å²) < 4.78 is 1.95. The monoisotopic (exact) mass is 396 g/mol. The van der Waals surface area contributed by atoms with Crippen LogP contribution in [0.4, 0.5) is 11.4 Å². The number of anilines is 2. The van der Waals surface area contributed by atoms with Crippen molar-refractivity contribution in [2.75, 3.05) is 11.6 Å². The van der Waals surface area contributed by atoms with Crippen LogP contribution in [0.25, 0.3) is 0 Å². The Bertz CT molecular complexity index is 650. The van der Waals surface area contributed by atoms with Gasteiger partial charge in [0.1, 0.15) is 6.07 Å². The van der Waals surface area contributed by atoms with E-state index in [0.717, 1.165) is 25.2 Å². The van der Waals surface area contributed by atoms with Gasteiger partial charge in [-0.05, 0) is 52.5 Å². The van der Waals surface area contributed by atoms with Gasteiger partial charge in [0.25, 0.3) is 0 Å². The molecule has 2 rings (SSSR count). The van der Waals surface area contributed by atoms with E-state index >= 15 is 0 Å². The normalized spacial score (nSPS) is 10.0. The molecule has 1 N–H and O–H groups in total. The molecule has 5 heteroatoms. The highest BCUT2D eigenvalue weighted by Crippen LogP contribution is 2.32. The van der Waals surface area contributed by atoms with Crippen LogP contribution in [0.3, 0.4) is 0 Å². The van der Waals surface area contributed by atoms with Gasteiger partial charge in [-0.3, -0.25) is 0 Å². The van der Waals surface area contributed by atoms with E-state index in [9.17, 15) is 5.26 Å². The van der Waals surface area contributed by atoms with Gasteiger partial charge in [0, 0.05) is 13.8 Å². The van der Waals surface area contributed by atoms with E-state index in [1.54, 1.807) is 11.8 Å². The second-order valence-corrected chi connectivity index (χ2v) is 6.36. The number of rotatable bonds is 3. The molecule has 96 valence electrons. The lowest BCUT2D eigenvalue weighted by atomic mass is 10.2. The van der Waals surface area contributed by atoms with Crippen LogP contribution in [0.1, 0.15) is 5.56 Å². The molecule has 0 saturated carbocycles. The van der Waals surface area contributed by atoms with Crippen LogP contribution in [0.2, 0.25) is 0 Å². The first-order valence-electron chi connectivity index (χ1n) is 5.45. The molecule has 0 aliphatic rings. The van der Waals surface area contributed by atoms with Crippen molar-refractivity contribution < 1.29 is 0 Å². The first-order valence-corrected chi connectivity index (χ1v) is 8.26. The summed E-state index contributed by atoms with van der Waals surface area (Å²) in [6, 6.07) is 13.9. The number of thioether (sulfide) groups is 1. The van der Waals surface area contributed by atoms with E-state index in [2.05, 4.69) is 43.2 Å². The Kier molecular flexibility index (Phi) is 4.92. The van der Waals surface area contributed by atoms with Crippen molar-refractivity contribution >= 4 is 55.0 Å². The molecular formula is C14H10Br2N2S. The largest absolute Gasteiger partial charge is 0.353 e. The van der Waals surface area contributed by atoms with Crippen LogP contribution >= 0.6 is 43.6 Å². The molecule has 0 aliphatic heterocycles. The number of nitrogens with zero attached hydrogens (tertiary/aromatic N) is 1. The Labute approximate surface area is 133 Å². The highest BCUT2D eigenvalue weighted by molar-refractivity contribution is 9.11. The third-order valence-corrected chi connectivity index (χ3v) is 4.49. The van der Waals surface area contributed by atoms with Crippen molar-refractivity contribution in [2.45, 2.75) is 4.90 Å². The molecule has 0 bridgehead atoms. The fourth-order valence-electron chi connectivity index (χ4n) is 1.66. The third-order valence-electron chi connectivity index (χ3n) is 2.56. The minimum atomic E-state index is 0.671. The van der Waals surface area contributed by atoms with Crippen LogP contribution in [-0.2, 0) is 0 Å². The molecule has 2 aromatic rings. The molecule has 19 heavy (non-hydrogen) atoms. The lowest BCUT2D eigenvalue weighted by molar-refractivity contribution is 1.35. The van der Waals surface area contributed by atoms with Crippen molar-refractivity contribution in [3.8, 4) is 6.07 Å². The number of halogens is 2. The van der Waals surface area contributed by atoms with Crippen molar-refractivity contribution in [3.05, 3.63) is 50.9 Å². The summed E-state index contributed by atoms with van der Waals surface area (Å²) in [5.41, 5.74) is 2.42. The minimum Gasteiger partial charge on any atom is -0.353 e. The van der Waals surface area contributed by atoms with Crippen LogP contribution in [0, 0.1) is 11.3 Å². The first kappa shape index (κ1) is 14.4. The molecule has 2 nitrogen and oxygen atoms in total. The summed E-state index contributed by atoms with van der Waals surface area (Å²) in [6.45, 7) is 0. The van der Waals surface area contributed by atoms with Crippen molar-refractivity contribution in [3.63, 3.8) is 0 Å². The maximum Gasteiger partial charge on any atom is 0.103 e. The van der Waals surface area contributed by atoms with Gasteiger partial charge >= 0.3 is 0 Å². The molecule has 0 spiro atoms. The number of nitrogens with one attached hydrogen (secondary N) is 1. The van der Waals surface area contributed by atoms with Gasteiger partial charge in [-0.25, -0.2) is 0 Å². The molecule has 2 aromatic carbocycles. The van der Waals surface area contributed by atoms with E-state index < -0.39 is 0 Å². The number of hydrogen-bond donors (Lipinski definition) is 1. The van der Waals surface area contributed by atoms with Gasteiger partial charge in [-0.15, -0.1) is 11.8 Å². The molecular weight excluding hydrogens is 388 g/mol. The standard InChI is InChI=1S/C14H10Br2N2S/c1-19-14-4-2-3-12(10(14)8-17)18-13-6-5-9(15)7-11(13)16/h2-7,18H,1H3. The minimum absolute atomic E-state index is 0.671. The molecule has 0 aromatic heterocycles. The molecule has 0 amide bonds. The molecule has 0 heterocycles. The van der Waals surface area contributed by atoms with Crippen molar-refractivity contribution in [2.24, 2.45) is 0 Å². The second-order valence-electron chi connectivity index (χ2n) is 3.74. The maximum absolute atomic E-state index is 9.30. The highest BCUT2D eigenvalue weighted by Gasteiger charge is 2.09. The predicted octanol–water partition coefficient (Wildman–Crippen LogP) is 5.55. The van der Waals surface area contributed by atoms with Crippen LogP contribution < -0.4 is 5.32 Å². The predicted molar refractivity (Wildman–Crippen MR) is 88.1 cm³/mol. The zero-order chi connectivity index (χ0) is 13.8. The van der Waals surface area contributed by atoms with Gasteiger partial charge in [-0.2, -0.15) is 5.26 Å². The van der Waals surface area contributed by atoms with Gasteiger partial charge < -0.3 is 5.32 Å². The molecule has 0 unspecified atom stereocenters. The summed E-state index contributed by atoms with van der Waals surface area (Å²) in [5, 5.41) is 12.6. The SMILES string of the molecule is CSc1cccc(Nc2ccc(Br)cc2Br)c1C#N. The summed E-state index contributed by atoms with van der Waals surface area (Å²) in [4.78, 5) is 0.973. The number of nitriles is 1. The first-order chi connectivity index (χ1) is 9.15. The molecule has 0 radical (unpaired) electrons. The fraction of sp³-hybridized carbons (Fsp3) is 0.0714. The van der Waals surface area contributed by atoms with E-state index in [1.807, 2.05) is 42.7 Å². The molecule has 0 aliphatic carbocycles. The Balaban J connectivity index is 2.41. The third kappa shape index (κ3) is 3.33. The second kappa shape index (κ2) is 6.47. The van der Waals surface area contributed by atoms with Crippen LogP contribution in [0.5, 0.6) is 0 Å². The summed E-state index contributed by atoms with van der Waals surface area (Å²) >= 11 is 8.49. The summed E-state index contributed by atoms with van der Waals surface area (Å²) in [6.07, 6.45) is 1.97. The average Bonchev–Trinajstić information content (AvgIpc) is 2.41. The van der Waals surface area contributed by atoms with Gasteiger partial charge in [0.15, 0.2) is 0 Å². The van der Waals surface area contributed by atoms with E-state index in [-0.39, 0.29) is 0 Å². The van der Waals surface area contributed by atoms with E-state index in [0.29, 0.717) is 5.56 Å². The zero-order valence-electron chi connectivity index (χ0n) is 10.1. The quantitative estimate of drug-likeness (QED) is 0.689. The Morgan fingerprint density at radius 1 is 1.16 bits per heavy atom. The lowest BCUT2D eigenvalue weighted by Crippen LogP contribution is -1.95. The Morgan fingerprint density at radius 2 is 1.95 bits per heavy atom. The smallest absolute Gasteiger partial charge is 0.103 e. The fourth-order valence-corrected chi connectivity index (χ4v) is 3.38. The van der Waals surface area contributed by atoms with Gasteiger partial charge in [-0.1, -0.05) is 22.0 Å². The lowest BCUT2D eigenvalue weighted by Gasteiger charge is -2.12. The topological polar surface area (TPSA) is 35.8 Å². The highest BCUT2D eigenvalue weighted by atomic mass is 79.9. The molecule has 0 fully saturated rings. The molecule has 0 saturated heterocycles. The summed E-state index contributed by atoms with van der Waals surface area (Å²) in [7, 11) is 0. The zero-order valence-corrected chi connectivity index (χ0v) is 14.1. The van der Waals surface area contributed by atoms with Crippen LogP contribution in [0.15, 0.2) is 50.2 Å². The van der Waals surface area contributed by atoms with Gasteiger partial charge in [0.05, 0.1) is 16.9 Å². The van der Waals surface area contributed by atoms with E-state index in [4.69, 9.17) is 0 Å². The maximum atomic E-state index is 9.30. The Hall–Kier alpha value is -0.960. The van der Waals surface area contributed by atoms with E-state index in [1.165, 1.54) is 0 Å². The number of benzene rings is 2. The molecule has 0 atom stereocenters. The Morgan fingerprint density at radius 3 is 2.58 bits per heavy atom. The van der Waals surface area contributed by atoms with Crippen LogP contribution in [-0.4, -0.2) is 6.26 Å². The van der Waals surface area contributed by atoms with Crippen molar-refractivity contribution in [1.82, 2.24) is 0 Å². The van der Waals surface area contributed by atoms with Crippen molar-refractivity contribution in [1.29, 1.82) is 5.26 Å². The number of hydrogen-bond acceptors (Lipinski definition) is 3. The average molecular weight is 398 g/mol. The summed E-state index contributed by atoms with van der Waals surface area (Å²) in [5.74, 6) is 0.